The van der Waals surface area contributed by atoms with Crippen LogP contribution in [-0.4, -0.2) is 40.1 Å². The zero-order valence-corrected chi connectivity index (χ0v) is 25.9. The Kier molecular flexibility index (Phi) is 9.73. The summed E-state index contributed by atoms with van der Waals surface area (Å²) in [6.45, 7) is 6.42. The molecule has 0 aromatic heterocycles. The van der Waals surface area contributed by atoms with E-state index >= 15 is 0 Å². The number of hydrogen-bond donors (Lipinski definition) is 4. The molecule has 0 saturated carbocycles. The van der Waals surface area contributed by atoms with Crippen molar-refractivity contribution < 1.29 is 29.0 Å². The number of ether oxygens (including phenoxy) is 3. The van der Waals surface area contributed by atoms with Crippen LogP contribution in [-0.2, 0) is 11.3 Å². The number of carbonyl (C=O) groups excluding carboxylic acids is 2. The Morgan fingerprint density at radius 2 is 1.51 bits per heavy atom. The van der Waals surface area contributed by atoms with Gasteiger partial charge in [-0.3, -0.25) is 20.9 Å². The van der Waals surface area contributed by atoms with Crippen molar-refractivity contribution in [1.29, 1.82) is 5.41 Å². The lowest BCUT2D eigenvalue weighted by Gasteiger charge is -2.38. The minimum Gasteiger partial charge on any atom is -0.457 e. The van der Waals surface area contributed by atoms with Crippen molar-refractivity contribution in [2.45, 2.75) is 65.0 Å². The third-order valence-corrected chi connectivity index (χ3v) is 7.63. The first-order valence-corrected chi connectivity index (χ1v) is 15.3. The number of hydrogen-bond acceptors (Lipinski definition) is 7. The number of amidine groups is 1. The highest BCUT2D eigenvalue weighted by atomic mass is 16.6. The van der Waals surface area contributed by atoms with Gasteiger partial charge in [0, 0.05) is 36.0 Å². The van der Waals surface area contributed by atoms with Gasteiger partial charge in [-0.1, -0.05) is 18.2 Å². The molecule has 2 aliphatic rings. The predicted molar refractivity (Wildman–Crippen MR) is 170 cm³/mol. The van der Waals surface area contributed by atoms with E-state index in [1.165, 1.54) is 0 Å². The van der Waals surface area contributed by atoms with Gasteiger partial charge in [0.2, 0.25) is 0 Å². The van der Waals surface area contributed by atoms with Gasteiger partial charge in [0.05, 0.1) is 0 Å². The number of hydroxylamine groups is 1. The number of piperidine rings is 1. The topological polar surface area (TPSA) is 133 Å². The van der Waals surface area contributed by atoms with Gasteiger partial charge in [-0.25, -0.2) is 4.79 Å². The Labute approximate surface area is 263 Å². The summed E-state index contributed by atoms with van der Waals surface area (Å²) in [5, 5.41) is 19.5. The number of nitrogens with one attached hydrogen (secondary N) is 3. The van der Waals surface area contributed by atoms with Crippen LogP contribution in [0.4, 0.5) is 4.79 Å². The van der Waals surface area contributed by atoms with Crippen molar-refractivity contribution in [3.05, 3.63) is 95.2 Å². The lowest BCUT2D eigenvalue weighted by atomic mass is 9.84. The van der Waals surface area contributed by atoms with Crippen molar-refractivity contribution in [3.8, 4) is 23.0 Å². The average molecular weight is 613 g/mol. The number of amides is 2. The van der Waals surface area contributed by atoms with Crippen LogP contribution in [0.15, 0.2) is 78.5 Å². The Bertz CT molecular complexity index is 1560. The van der Waals surface area contributed by atoms with E-state index in [0.717, 1.165) is 43.4 Å². The SMILES string of the molecule is CC(C)(C)OC(=O)NCc1ccc(Oc2cc(Oc3ccc(C(=N)NO)cc3)cc(C(=O)N3CCCC4CCCC=C43)c2)cc1. The largest absolute Gasteiger partial charge is 0.457 e. The van der Waals surface area contributed by atoms with E-state index in [4.69, 9.17) is 24.8 Å². The maximum atomic E-state index is 13.9. The van der Waals surface area contributed by atoms with Crippen molar-refractivity contribution in [1.82, 2.24) is 15.7 Å². The van der Waals surface area contributed by atoms with Crippen LogP contribution in [0.1, 0.15) is 74.4 Å². The van der Waals surface area contributed by atoms with Crippen LogP contribution in [0.25, 0.3) is 0 Å². The van der Waals surface area contributed by atoms with Crippen LogP contribution in [0, 0.1) is 11.3 Å². The molecule has 10 heteroatoms. The molecular weight excluding hydrogens is 572 g/mol. The van der Waals surface area contributed by atoms with Crippen LogP contribution < -0.4 is 20.3 Å². The van der Waals surface area contributed by atoms with Crippen LogP contribution in [0.3, 0.4) is 0 Å². The Morgan fingerprint density at radius 1 is 0.889 bits per heavy atom. The predicted octanol–water partition coefficient (Wildman–Crippen LogP) is 7.52. The first-order valence-electron chi connectivity index (χ1n) is 15.3. The Morgan fingerprint density at radius 3 is 2.13 bits per heavy atom. The van der Waals surface area contributed by atoms with Gasteiger partial charge in [0.25, 0.3) is 5.91 Å². The third kappa shape index (κ3) is 8.42. The lowest BCUT2D eigenvalue weighted by molar-refractivity contribution is 0.0523. The molecule has 1 heterocycles. The lowest BCUT2D eigenvalue weighted by Crippen LogP contribution is -2.39. The number of likely N-dealkylation sites (tertiary alicyclic amines) is 1. The molecule has 1 atom stereocenters. The highest BCUT2D eigenvalue weighted by Gasteiger charge is 2.31. The standard InChI is InChI=1S/C35H40N4O6/c1-35(2,3)45-34(41)37-22-23-10-14-27(15-11-23)43-29-19-26(33(40)39-18-6-8-24-7-4-5-9-31(24)39)20-30(21-29)44-28-16-12-25(13-17-28)32(36)38-42/h9-17,19-21,24,42H,4-8,18,22H2,1-3H3,(H2,36,38)(H,37,41). The minimum absolute atomic E-state index is 0.0930. The van der Waals surface area contributed by atoms with Gasteiger partial charge < -0.3 is 24.4 Å². The molecule has 1 fully saturated rings. The Balaban J connectivity index is 1.37. The fourth-order valence-corrected chi connectivity index (χ4v) is 5.55. The van der Waals surface area contributed by atoms with E-state index in [9.17, 15) is 9.59 Å². The van der Waals surface area contributed by atoms with Crippen LogP contribution >= 0.6 is 0 Å². The quantitative estimate of drug-likeness (QED) is 0.117. The summed E-state index contributed by atoms with van der Waals surface area (Å²) >= 11 is 0. The summed E-state index contributed by atoms with van der Waals surface area (Å²) in [5.41, 5.74) is 4.19. The maximum absolute atomic E-state index is 13.9. The number of nitrogens with zero attached hydrogens (tertiary/aromatic N) is 1. The van der Waals surface area contributed by atoms with Crippen molar-refractivity contribution in [2.75, 3.05) is 6.54 Å². The number of benzene rings is 3. The molecule has 4 N–H and O–H groups in total. The second-order valence-corrected chi connectivity index (χ2v) is 12.3. The van der Waals surface area contributed by atoms with Gasteiger partial charge in [0.1, 0.15) is 34.4 Å². The molecule has 1 saturated heterocycles. The summed E-state index contributed by atoms with van der Waals surface area (Å²) < 4.78 is 17.7. The van der Waals surface area contributed by atoms with E-state index in [0.29, 0.717) is 53.1 Å². The van der Waals surface area contributed by atoms with Gasteiger partial charge in [-0.15, -0.1) is 0 Å². The molecule has 1 aliphatic heterocycles. The molecule has 45 heavy (non-hydrogen) atoms. The molecule has 3 aromatic carbocycles. The van der Waals surface area contributed by atoms with Crippen molar-refractivity contribution in [3.63, 3.8) is 0 Å². The zero-order chi connectivity index (χ0) is 32.0. The molecular formula is C35H40N4O6. The fourth-order valence-electron chi connectivity index (χ4n) is 5.55. The van der Waals surface area contributed by atoms with Gasteiger partial charge in [0.15, 0.2) is 0 Å². The molecule has 0 spiro atoms. The molecule has 236 valence electrons. The van der Waals surface area contributed by atoms with Crippen molar-refractivity contribution in [2.24, 2.45) is 5.92 Å². The van der Waals surface area contributed by atoms with E-state index in [2.05, 4.69) is 11.4 Å². The van der Waals surface area contributed by atoms with Crippen LogP contribution in [0.2, 0.25) is 0 Å². The van der Waals surface area contributed by atoms with Gasteiger partial charge in [-0.05, 0) is 113 Å². The fraction of sp³-hybridized carbons (Fsp3) is 0.343. The molecule has 10 nitrogen and oxygen atoms in total. The average Bonchev–Trinajstić information content (AvgIpc) is 3.03. The smallest absolute Gasteiger partial charge is 0.407 e. The highest BCUT2D eigenvalue weighted by molar-refractivity contribution is 5.96. The van der Waals surface area contributed by atoms with E-state index in [1.54, 1.807) is 54.6 Å². The summed E-state index contributed by atoms with van der Waals surface area (Å²) in [5.74, 6) is 2.10. The monoisotopic (exact) mass is 612 g/mol. The first-order chi connectivity index (χ1) is 21.6. The number of fused-ring (bicyclic) bond motifs is 1. The molecule has 1 aliphatic carbocycles. The normalized spacial score (nSPS) is 16.1. The highest BCUT2D eigenvalue weighted by Crippen LogP contribution is 2.37. The second-order valence-electron chi connectivity index (χ2n) is 12.3. The van der Waals surface area contributed by atoms with Crippen LogP contribution in [0.5, 0.6) is 23.0 Å². The third-order valence-electron chi connectivity index (χ3n) is 7.63. The molecule has 5 rings (SSSR count). The Hall–Kier alpha value is -4.83. The zero-order valence-electron chi connectivity index (χ0n) is 25.9. The molecule has 0 bridgehead atoms. The number of carbonyl (C=O) groups is 2. The number of rotatable bonds is 8. The van der Waals surface area contributed by atoms with Gasteiger partial charge >= 0.3 is 6.09 Å². The summed E-state index contributed by atoms with van der Waals surface area (Å²) in [6, 6.07) is 19.1. The number of allylic oxidation sites excluding steroid dienone is 2. The molecule has 1 unspecified atom stereocenters. The number of alkyl carbamates (subject to hydrolysis) is 1. The molecule has 0 radical (unpaired) electrons. The molecule has 2 amide bonds. The van der Waals surface area contributed by atoms with Gasteiger partial charge in [-0.2, -0.15) is 0 Å². The summed E-state index contributed by atoms with van der Waals surface area (Å²) in [6.07, 6.45) is 7.04. The maximum Gasteiger partial charge on any atom is 0.407 e. The van der Waals surface area contributed by atoms with E-state index < -0.39 is 11.7 Å². The van der Waals surface area contributed by atoms with Crippen molar-refractivity contribution >= 4 is 17.8 Å². The minimum atomic E-state index is -0.575. The second kappa shape index (κ2) is 13.9. The van der Waals surface area contributed by atoms with E-state index in [-0.39, 0.29) is 11.7 Å². The first kappa shape index (κ1) is 31.6. The summed E-state index contributed by atoms with van der Waals surface area (Å²) in [7, 11) is 0. The molecule has 3 aromatic rings. The summed E-state index contributed by atoms with van der Waals surface area (Å²) in [4.78, 5) is 27.9. The van der Waals surface area contributed by atoms with E-state index in [1.807, 2.05) is 43.3 Å².